The molecule has 2 heteroatoms. The summed E-state index contributed by atoms with van der Waals surface area (Å²) in [6.45, 7) is 0. The Kier molecular flexibility index (Phi) is 3.30. The zero-order valence-electron chi connectivity index (χ0n) is 6.09. The molecule has 0 N–H and O–H groups in total. The molecule has 1 rings (SSSR count). The van der Waals surface area contributed by atoms with E-state index in [-0.39, 0.29) is 0 Å². The van der Waals surface area contributed by atoms with E-state index in [0.29, 0.717) is 6.42 Å². The zero-order valence-corrected chi connectivity index (χ0v) is 7.67. The third kappa shape index (κ3) is 2.46. The summed E-state index contributed by atoms with van der Waals surface area (Å²) in [7, 11) is 0. The Morgan fingerprint density at radius 3 is 2.73 bits per heavy atom. The zero-order chi connectivity index (χ0) is 8.10. The first-order valence-corrected chi connectivity index (χ1v) is 4.56. The van der Waals surface area contributed by atoms with E-state index in [1.807, 2.05) is 24.3 Å². The number of alkyl halides is 1. The van der Waals surface area contributed by atoms with E-state index in [1.165, 1.54) is 5.56 Å². The van der Waals surface area contributed by atoms with Gasteiger partial charge in [-0.15, -0.1) is 0 Å². The highest BCUT2D eigenvalue weighted by Crippen LogP contribution is 2.08. The molecule has 1 nitrogen and oxygen atoms in total. The number of rotatable bonds is 3. The first-order chi connectivity index (χ1) is 5.36. The van der Waals surface area contributed by atoms with Crippen LogP contribution in [0.15, 0.2) is 24.3 Å². The maximum absolute atomic E-state index is 10.2. The predicted molar refractivity (Wildman–Crippen MR) is 48.8 cm³/mol. The molecule has 0 saturated carbocycles. The summed E-state index contributed by atoms with van der Waals surface area (Å²) in [5.41, 5.74) is 2.29. The minimum absolute atomic E-state index is 0.515. The number of hydrogen-bond donors (Lipinski definition) is 0. The van der Waals surface area contributed by atoms with Gasteiger partial charge >= 0.3 is 0 Å². The molecular formula is C9H9BrO. The van der Waals surface area contributed by atoms with Gasteiger partial charge in [-0.1, -0.05) is 40.2 Å². The fraction of sp³-hybridized carbons (Fsp3) is 0.222. The topological polar surface area (TPSA) is 17.1 Å². The Labute approximate surface area is 74.6 Å². The van der Waals surface area contributed by atoms with Crippen molar-refractivity contribution in [2.45, 2.75) is 11.8 Å². The highest BCUT2D eigenvalue weighted by atomic mass is 79.9. The lowest BCUT2D eigenvalue weighted by Gasteiger charge is -1.97. The molecule has 0 aliphatic rings. The van der Waals surface area contributed by atoms with Gasteiger partial charge < -0.3 is 4.79 Å². The SMILES string of the molecule is O=CCc1cccc(CBr)c1. The average Bonchev–Trinajstić information content (AvgIpc) is 2.06. The van der Waals surface area contributed by atoms with Crippen LogP contribution >= 0.6 is 15.9 Å². The third-order valence-electron chi connectivity index (χ3n) is 1.46. The van der Waals surface area contributed by atoms with E-state index in [0.717, 1.165) is 17.2 Å². The van der Waals surface area contributed by atoms with Crippen molar-refractivity contribution < 1.29 is 4.79 Å². The van der Waals surface area contributed by atoms with Crippen LogP contribution in [0.4, 0.5) is 0 Å². The number of aldehydes is 1. The van der Waals surface area contributed by atoms with Gasteiger partial charge in [-0.25, -0.2) is 0 Å². The Hall–Kier alpha value is -0.630. The van der Waals surface area contributed by atoms with Crippen LogP contribution in [-0.2, 0) is 16.5 Å². The molecular weight excluding hydrogens is 204 g/mol. The van der Waals surface area contributed by atoms with Gasteiger partial charge in [-0.3, -0.25) is 0 Å². The monoisotopic (exact) mass is 212 g/mol. The first-order valence-electron chi connectivity index (χ1n) is 3.44. The van der Waals surface area contributed by atoms with Crippen molar-refractivity contribution >= 4 is 22.2 Å². The molecule has 58 valence electrons. The van der Waals surface area contributed by atoms with Crippen molar-refractivity contribution in [1.29, 1.82) is 0 Å². The van der Waals surface area contributed by atoms with E-state index >= 15 is 0 Å². The molecule has 0 unspecified atom stereocenters. The second-order valence-electron chi connectivity index (χ2n) is 2.32. The quantitative estimate of drug-likeness (QED) is 0.556. The summed E-state index contributed by atoms with van der Waals surface area (Å²) in [5.74, 6) is 0. The van der Waals surface area contributed by atoms with Gasteiger partial charge in [0.25, 0.3) is 0 Å². The number of carbonyl (C=O) groups excluding carboxylic acids is 1. The third-order valence-corrected chi connectivity index (χ3v) is 2.11. The van der Waals surface area contributed by atoms with Gasteiger partial charge in [0, 0.05) is 11.8 Å². The Bertz CT molecular complexity index is 245. The molecule has 0 heterocycles. The van der Waals surface area contributed by atoms with E-state index in [9.17, 15) is 4.79 Å². The summed E-state index contributed by atoms with van der Waals surface area (Å²) >= 11 is 3.35. The first kappa shape index (κ1) is 8.47. The summed E-state index contributed by atoms with van der Waals surface area (Å²) < 4.78 is 0. The lowest BCUT2D eigenvalue weighted by molar-refractivity contribution is -0.107. The minimum atomic E-state index is 0.515. The molecule has 0 atom stereocenters. The lowest BCUT2D eigenvalue weighted by Crippen LogP contribution is -1.86. The fourth-order valence-corrected chi connectivity index (χ4v) is 1.28. The van der Waals surface area contributed by atoms with E-state index in [1.54, 1.807) is 0 Å². The van der Waals surface area contributed by atoms with Gasteiger partial charge in [0.05, 0.1) is 0 Å². The van der Waals surface area contributed by atoms with Gasteiger partial charge in [0.15, 0.2) is 0 Å². The molecule has 0 spiro atoms. The highest BCUT2D eigenvalue weighted by molar-refractivity contribution is 9.08. The molecule has 0 aromatic heterocycles. The Morgan fingerprint density at radius 1 is 1.36 bits per heavy atom. The van der Waals surface area contributed by atoms with Crippen molar-refractivity contribution in [2.24, 2.45) is 0 Å². The molecule has 0 radical (unpaired) electrons. The molecule has 0 aliphatic heterocycles. The number of halogens is 1. The van der Waals surface area contributed by atoms with E-state index in [4.69, 9.17) is 0 Å². The van der Waals surface area contributed by atoms with Crippen LogP contribution in [-0.4, -0.2) is 6.29 Å². The Balaban J connectivity index is 2.82. The minimum Gasteiger partial charge on any atom is -0.303 e. The van der Waals surface area contributed by atoms with Gasteiger partial charge in [0.1, 0.15) is 6.29 Å². The van der Waals surface area contributed by atoms with Crippen LogP contribution in [0.3, 0.4) is 0 Å². The maximum atomic E-state index is 10.2. The van der Waals surface area contributed by atoms with Crippen LogP contribution in [0.1, 0.15) is 11.1 Å². The molecule has 0 saturated heterocycles. The maximum Gasteiger partial charge on any atom is 0.124 e. The van der Waals surface area contributed by atoms with Crippen molar-refractivity contribution in [3.8, 4) is 0 Å². The number of hydrogen-bond acceptors (Lipinski definition) is 1. The van der Waals surface area contributed by atoms with Crippen LogP contribution in [0.25, 0.3) is 0 Å². The average molecular weight is 213 g/mol. The second-order valence-corrected chi connectivity index (χ2v) is 2.89. The molecule has 1 aromatic carbocycles. The molecule has 0 bridgehead atoms. The molecule has 0 amide bonds. The number of carbonyl (C=O) groups is 1. The van der Waals surface area contributed by atoms with Gasteiger partial charge in [-0.05, 0) is 11.1 Å². The lowest BCUT2D eigenvalue weighted by atomic mass is 10.1. The molecule has 1 aromatic rings. The van der Waals surface area contributed by atoms with Crippen LogP contribution < -0.4 is 0 Å². The number of benzene rings is 1. The van der Waals surface area contributed by atoms with Crippen molar-refractivity contribution in [3.05, 3.63) is 35.4 Å². The second kappa shape index (κ2) is 4.29. The van der Waals surface area contributed by atoms with Crippen LogP contribution in [0.2, 0.25) is 0 Å². The largest absolute Gasteiger partial charge is 0.303 e. The van der Waals surface area contributed by atoms with Crippen molar-refractivity contribution in [2.75, 3.05) is 0 Å². The Morgan fingerprint density at radius 2 is 2.09 bits per heavy atom. The van der Waals surface area contributed by atoms with Crippen molar-refractivity contribution in [3.63, 3.8) is 0 Å². The summed E-state index contributed by atoms with van der Waals surface area (Å²) in [6, 6.07) is 7.99. The van der Waals surface area contributed by atoms with Crippen molar-refractivity contribution in [1.82, 2.24) is 0 Å². The van der Waals surface area contributed by atoms with Gasteiger partial charge in [-0.2, -0.15) is 0 Å². The summed E-state index contributed by atoms with van der Waals surface area (Å²) in [6.07, 6.45) is 1.44. The molecule has 0 fully saturated rings. The van der Waals surface area contributed by atoms with Gasteiger partial charge in [0.2, 0.25) is 0 Å². The summed E-state index contributed by atoms with van der Waals surface area (Å²) in [5, 5.41) is 0.847. The van der Waals surface area contributed by atoms with E-state index in [2.05, 4.69) is 15.9 Å². The highest BCUT2D eigenvalue weighted by Gasteiger charge is 1.92. The normalized spacial score (nSPS) is 9.55. The molecule has 0 aliphatic carbocycles. The predicted octanol–water partition coefficient (Wildman–Crippen LogP) is 2.32. The molecule has 11 heavy (non-hydrogen) atoms. The standard InChI is InChI=1S/C9H9BrO/c10-7-9-3-1-2-8(6-9)4-5-11/h1-3,5-6H,4,7H2. The fourth-order valence-electron chi connectivity index (χ4n) is 0.936. The van der Waals surface area contributed by atoms with E-state index < -0.39 is 0 Å². The van der Waals surface area contributed by atoms with Crippen LogP contribution in [0, 0.1) is 0 Å². The van der Waals surface area contributed by atoms with Crippen LogP contribution in [0.5, 0.6) is 0 Å². The smallest absolute Gasteiger partial charge is 0.124 e. The summed E-state index contributed by atoms with van der Waals surface area (Å²) in [4.78, 5) is 10.2.